The zero-order valence-electron chi connectivity index (χ0n) is 14.3. The van der Waals surface area contributed by atoms with Crippen LogP contribution in [-0.4, -0.2) is 50.7 Å². The molecule has 0 aliphatic carbocycles. The van der Waals surface area contributed by atoms with Crippen molar-refractivity contribution in [2.75, 3.05) is 34.0 Å². The molecule has 1 heterocycles. The van der Waals surface area contributed by atoms with E-state index in [1.807, 2.05) is 25.1 Å². The summed E-state index contributed by atoms with van der Waals surface area (Å²) in [6, 6.07) is 5.80. The Balaban J connectivity index is 0.00000288. The van der Waals surface area contributed by atoms with Crippen LogP contribution in [0.15, 0.2) is 23.2 Å². The van der Waals surface area contributed by atoms with E-state index in [-0.39, 0.29) is 36.7 Å². The van der Waals surface area contributed by atoms with E-state index in [0.29, 0.717) is 25.5 Å². The Morgan fingerprint density at radius 1 is 1.25 bits per heavy atom. The molecular weight excluding hydrogens is 423 g/mol. The van der Waals surface area contributed by atoms with E-state index in [4.69, 9.17) is 9.47 Å². The van der Waals surface area contributed by atoms with Crippen LogP contribution in [0.3, 0.4) is 0 Å². The van der Waals surface area contributed by atoms with Gasteiger partial charge in [-0.15, -0.1) is 24.0 Å². The first-order valence-corrected chi connectivity index (χ1v) is 7.71. The summed E-state index contributed by atoms with van der Waals surface area (Å²) in [5.41, 5.74) is 1.04. The first kappa shape index (κ1) is 20.3. The van der Waals surface area contributed by atoms with Crippen LogP contribution in [0, 0.1) is 0 Å². The number of carbonyl (C=O) groups excluding carboxylic acids is 1. The summed E-state index contributed by atoms with van der Waals surface area (Å²) in [6.07, 6.45) is 0.432. The Kier molecular flexibility index (Phi) is 8.66. The van der Waals surface area contributed by atoms with Crippen molar-refractivity contribution in [3.05, 3.63) is 23.8 Å². The van der Waals surface area contributed by atoms with Gasteiger partial charge in [0, 0.05) is 33.6 Å². The van der Waals surface area contributed by atoms with Gasteiger partial charge in [-0.3, -0.25) is 4.79 Å². The highest BCUT2D eigenvalue weighted by molar-refractivity contribution is 14.0. The SMILES string of the molecule is CCNC(=NCc1ccc2c(c1)OCO2)NCCC(=O)N(C)C.I. The fourth-order valence-electron chi connectivity index (χ4n) is 2.06. The molecule has 1 amide bonds. The number of halogens is 1. The highest BCUT2D eigenvalue weighted by Gasteiger charge is 2.13. The minimum absolute atomic E-state index is 0. The highest BCUT2D eigenvalue weighted by Crippen LogP contribution is 2.32. The Morgan fingerprint density at radius 3 is 2.71 bits per heavy atom. The molecule has 0 spiro atoms. The van der Waals surface area contributed by atoms with Gasteiger partial charge in [0.1, 0.15) is 0 Å². The number of nitrogens with one attached hydrogen (secondary N) is 2. The molecule has 0 bridgehead atoms. The first-order valence-electron chi connectivity index (χ1n) is 7.71. The summed E-state index contributed by atoms with van der Waals surface area (Å²) in [6.45, 7) is 4.10. The lowest BCUT2D eigenvalue weighted by atomic mass is 10.2. The molecule has 24 heavy (non-hydrogen) atoms. The van der Waals surface area contributed by atoms with E-state index in [0.717, 1.165) is 23.6 Å². The second-order valence-corrected chi connectivity index (χ2v) is 5.35. The number of hydrogen-bond acceptors (Lipinski definition) is 4. The third-order valence-electron chi connectivity index (χ3n) is 3.33. The number of benzene rings is 1. The molecule has 134 valence electrons. The zero-order chi connectivity index (χ0) is 16.7. The normalized spacial score (nSPS) is 12.4. The summed E-state index contributed by atoms with van der Waals surface area (Å²) in [5, 5.41) is 6.33. The molecule has 0 aromatic heterocycles. The number of carbonyl (C=O) groups is 1. The van der Waals surface area contributed by atoms with Crippen molar-refractivity contribution < 1.29 is 14.3 Å². The number of aliphatic imine (C=N–C) groups is 1. The van der Waals surface area contributed by atoms with Crippen molar-refractivity contribution in [3.8, 4) is 11.5 Å². The maximum Gasteiger partial charge on any atom is 0.231 e. The molecule has 0 fully saturated rings. The smallest absolute Gasteiger partial charge is 0.231 e. The van der Waals surface area contributed by atoms with Crippen molar-refractivity contribution in [1.29, 1.82) is 0 Å². The topological polar surface area (TPSA) is 75.2 Å². The standard InChI is InChI=1S/C16H24N4O3.HI/c1-4-17-16(18-8-7-15(21)20(2)3)19-10-12-5-6-13-14(9-12)23-11-22-13;/h5-6,9H,4,7-8,10-11H2,1-3H3,(H2,17,18,19);1H. The Bertz CT molecular complexity index is 578. The van der Waals surface area contributed by atoms with Crippen LogP contribution in [0.4, 0.5) is 0 Å². The van der Waals surface area contributed by atoms with Crippen molar-refractivity contribution in [2.24, 2.45) is 4.99 Å². The van der Waals surface area contributed by atoms with Crippen LogP contribution < -0.4 is 20.1 Å². The van der Waals surface area contributed by atoms with Gasteiger partial charge in [-0.05, 0) is 24.6 Å². The molecule has 1 aliphatic heterocycles. The van der Waals surface area contributed by atoms with E-state index < -0.39 is 0 Å². The molecule has 2 rings (SSSR count). The predicted molar refractivity (Wildman–Crippen MR) is 104 cm³/mol. The molecule has 0 saturated heterocycles. The van der Waals surface area contributed by atoms with E-state index in [1.165, 1.54) is 0 Å². The summed E-state index contributed by atoms with van der Waals surface area (Å²) in [7, 11) is 3.50. The average Bonchev–Trinajstić information content (AvgIpc) is 2.99. The summed E-state index contributed by atoms with van der Waals surface area (Å²) >= 11 is 0. The van der Waals surface area contributed by atoms with Gasteiger partial charge < -0.3 is 25.0 Å². The molecule has 0 saturated carbocycles. The molecule has 1 aromatic carbocycles. The van der Waals surface area contributed by atoms with Crippen LogP contribution in [0.1, 0.15) is 18.9 Å². The molecule has 1 aromatic rings. The lowest BCUT2D eigenvalue weighted by molar-refractivity contribution is -0.128. The monoisotopic (exact) mass is 448 g/mol. The number of ether oxygens (including phenoxy) is 2. The lowest BCUT2D eigenvalue weighted by Crippen LogP contribution is -2.39. The quantitative estimate of drug-likeness (QED) is 0.393. The summed E-state index contributed by atoms with van der Waals surface area (Å²) in [4.78, 5) is 17.7. The summed E-state index contributed by atoms with van der Waals surface area (Å²) in [5.74, 6) is 2.30. The van der Waals surface area contributed by atoms with Gasteiger partial charge in [-0.2, -0.15) is 0 Å². The van der Waals surface area contributed by atoms with Crippen LogP contribution in [0.2, 0.25) is 0 Å². The minimum Gasteiger partial charge on any atom is -0.454 e. The van der Waals surface area contributed by atoms with Crippen LogP contribution >= 0.6 is 24.0 Å². The van der Waals surface area contributed by atoms with Crippen molar-refractivity contribution in [3.63, 3.8) is 0 Å². The second-order valence-electron chi connectivity index (χ2n) is 5.35. The molecule has 7 nitrogen and oxygen atoms in total. The Labute approximate surface area is 159 Å². The molecule has 0 radical (unpaired) electrons. The highest BCUT2D eigenvalue weighted by atomic mass is 127. The summed E-state index contributed by atoms with van der Waals surface area (Å²) < 4.78 is 10.7. The van der Waals surface area contributed by atoms with Gasteiger partial charge in [-0.25, -0.2) is 4.99 Å². The first-order chi connectivity index (χ1) is 11.1. The van der Waals surface area contributed by atoms with E-state index in [2.05, 4.69) is 15.6 Å². The van der Waals surface area contributed by atoms with Crippen LogP contribution in [0.25, 0.3) is 0 Å². The number of nitrogens with zero attached hydrogens (tertiary/aromatic N) is 2. The van der Waals surface area contributed by atoms with E-state index in [9.17, 15) is 4.79 Å². The van der Waals surface area contributed by atoms with Gasteiger partial charge in [0.15, 0.2) is 17.5 Å². The molecule has 1 aliphatic rings. The van der Waals surface area contributed by atoms with Crippen LogP contribution in [0.5, 0.6) is 11.5 Å². The third-order valence-corrected chi connectivity index (χ3v) is 3.33. The zero-order valence-corrected chi connectivity index (χ0v) is 16.6. The van der Waals surface area contributed by atoms with Crippen molar-refractivity contribution >= 4 is 35.8 Å². The maximum absolute atomic E-state index is 11.6. The molecule has 2 N–H and O–H groups in total. The van der Waals surface area contributed by atoms with Gasteiger partial charge in [0.25, 0.3) is 0 Å². The van der Waals surface area contributed by atoms with Gasteiger partial charge in [-0.1, -0.05) is 6.07 Å². The number of rotatable bonds is 6. The van der Waals surface area contributed by atoms with Gasteiger partial charge in [0.05, 0.1) is 6.54 Å². The van der Waals surface area contributed by atoms with E-state index in [1.54, 1.807) is 19.0 Å². The number of guanidine groups is 1. The molecule has 0 atom stereocenters. The molecule has 8 heteroatoms. The number of fused-ring (bicyclic) bond motifs is 1. The van der Waals surface area contributed by atoms with Crippen molar-refractivity contribution in [2.45, 2.75) is 19.9 Å². The molecular formula is C16H25IN4O3. The lowest BCUT2D eigenvalue weighted by Gasteiger charge is -2.13. The third kappa shape index (κ3) is 6.06. The van der Waals surface area contributed by atoms with Crippen LogP contribution in [-0.2, 0) is 11.3 Å². The Morgan fingerprint density at radius 2 is 2.00 bits per heavy atom. The fourth-order valence-corrected chi connectivity index (χ4v) is 2.06. The Hall–Kier alpha value is -1.71. The minimum atomic E-state index is 0. The second kappa shape index (κ2) is 10.2. The average molecular weight is 448 g/mol. The molecule has 0 unspecified atom stereocenters. The van der Waals surface area contributed by atoms with Crippen molar-refractivity contribution in [1.82, 2.24) is 15.5 Å². The largest absolute Gasteiger partial charge is 0.454 e. The van der Waals surface area contributed by atoms with Gasteiger partial charge >= 0.3 is 0 Å². The number of hydrogen-bond donors (Lipinski definition) is 2. The predicted octanol–water partition coefficient (Wildman–Crippen LogP) is 1.57. The maximum atomic E-state index is 11.6. The fraction of sp³-hybridized carbons (Fsp3) is 0.500. The number of amides is 1. The van der Waals surface area contributed by atoms with Gasteiger partial charge in [0.2, 0.25) is 12.7 Å². The van der Waals surface area contributed by atoms with E-state index >= 15 is 0 Å².